The van der Waals surface area contributed by atoms with Gasteiger partial charge < -0.3 is 4.43 Å². The molecule has 1 aromatic heterocycles. The van der Waals surface area contributed by atoms with E-state index in [-0.39, 0.29) is 15.4 Å². The molecule has 0 saturated heterocycles. The van der Waals surface area contributed by atoms with Gasteiger partial charge in [0.1, 0.15) is 4.21 Å². The molecule has 1 atom stereocenters. The maximum absolute atomic E-state index is 11.8. The molecule has 1 aromatic rings. The average Bonchev–Trinajstić information content (AvgIpc) is 2.81. The molecule has 0 aromatic carbocycles. The summed E-state index contributed by atoms with van der Waals surface area (Å²) < 4.78 is 30.4. The number of hydrogen-bond donors (Lipinski definition) is 1. The van der Waals surface area contributed by atoms with E-state index in [1.807, 2.05) is 6.07 Å². The van der Waals surface area contributed by atoms with Crippen LogP contribution in [0.5, 0.6) is 0 Å². The first-order valence-electron chi connectivity index (χ1n) is 7.68. The minimum Gasteiger partial charge on any atom is -0.410 e. The topological polar surface area (TPSA) is 69.4 Å². The fourth-order valence-electron chi connectivity index (χ4n) is 1.98. The molecule has 0 amide bonds. The van der Waals surface area contributed by atoms with E-state index in [0.29, 0.717) is 0 Å². The minimum absolute atomic E-state index is 0.0786. The average molecular weight is 364 g/mol. The van der Waals surface area contributed by atoms with Crippen LogP contribution in [0.4, 0.5) is 0 Å². The van der Waals surface area contributed by atoms with Crippen LogP contribution in [0.2, 0.25) is 18.1 Å². The van der Waals surface area contributed by atoms with Gasteiger partial charge in [-0.05, 0) is 36.0 Å². The van der Waals surface area contributed by atoms with Crippen molar-refractivity contribution in [1.82, 2.24) is 0 Å². The number of unbranched alkanes of at least 4 members (excludes halogenated alkanes) is 1. The van der Waals surface area contributed by atoms with E-state index >= 15 is 0 Å². The fourth-order valence-corrected chi connectivity index (χ4v) is 5.19. The van der Waals surface area contributed by atoms with E-state index in [1.54, 1.807) is 5.38 Å². The third-order valence-corrected chi connectivity index (χ3v) is 11.3. The van der Waals surface area contributed by atoms with Crippen LogP contribution in [0.1, 0.15) is 58.6 Å². The summed E-state index contributed by atoms with van der Waals surface area (Å²) in [5.41, 5.74) is 0.728. The van der Waals surface area contributed by atoms with Gasteiger partial charge in [-0.2, -0.15) is 0 Å². The highest BCUT2D eigenvalue weighted by Gasteiger charge is 2.40. The van der Waals surface area contributed by atoms with Gasteiger partial charge in [-0.15, -0.1) is 11.3 Å². The van der Waals surface area contributed by atoms with Crippen molar-refractivity contribution in [1.29, 1.82) is 0 Å². The van der Waals surface area contributed by atoms with Crippen LogP contribution in [0.25, 0.3) is 0 Å². The summed E-state index contributed by atoms with van der Waals surface area (Å²) in [6, 6.07) is 1.85. The van der Waals surface area contributed by atoms with E-state index < -0.39 is 18.3 Å². The Kier molecular flexibility index (Phi) is 6.43. The number of nitrogens with two attached hydrogens (primary N) is 1. The first-order chi connectivity index (χ1) is 9.90. The minimum atomic E-state index is -3.70. The molecule has 0 aliphatic carbocycles. The van der Waals surface area contributed by atoms with Crippen molar-refractivity contribution in [3.05, 3.63) is 17.0 Å². The largest absolute Gasteiger partial charge is 0.410 e. The summed E-state index contributed by atoms with van der Waals surface area (Å²) in [5, 5.41) is 7.22. The maximum atomic E-state index is 11.8. The van der Waals surface area contributed by atoms with Gasteiger partial charge in [-0.25, -0.2) is 13.6 Å². The summed E-state index contributed by atoms with van der Waals surface area (Å²) >= 11 is 1.17. The molecule has 0 bridgehead atoms. The molecule has 0 radical (unpaired) electrons. The van der Waals surface area contributed by atoms with E-state index in [4.69, 9.17) is 9.56 Å². The van der Waals surface area contributed by atoms with E-state index in [9.17, 15) is 8.42 Å². The first-order valence-corrected chi connectivity index (χ1v) is 13.0. The van der Waals surface area contributed by atoms with Crippen LogP contribution in [-0.2, 0) is 14.4 Å². The number of thiophene rings is 1. The van der Waals surface area contributed by atoms with Gasteiger partial charge in [0.15, 0.2) is 8.32 Å². The van der Waals surface area contributed by atoms with Crippen molar-refractivity contribution in [2.24, 2.45) is 5.14 Å². The Morgan fingerprint density at radius 3 is 2.41 bits per heavy atom. The second-order valence-electron chi connectivity index (χ2n) is 7.22. The van der Waals surface area contributed by atoms with Crippen molar-refractivity contribution in [3.8, 4) is 0 Å². The predicted octanol–water partition coefficient (Wildman–Crippen LogP) is 4.65. The normalized spacial score (nSPS) is 15.0. The molecule has 0 aliphatic heterocycles. The van der Waals surface area contributed by atoms with Gasteiger partial charge in [-0.1, -0.05) is 40.5 Å². The molecule has 1 rings (SSSR count). The Balaban J connectivity index is 3.18. The van der Waals surface area contributed by atoms with Crippen molar-refractivity contribution in [2.75, 3.05) is 0 Å². The van der Waals surface area contributed by atoms with Crippen LogP contribution >= 0.6 is 11.3 Å². The fraction of sp³-hybridized carbons (Fsp3) is 0.733. The van der Waals surface area contributed by atoms with Gasteiger partial charge in [0, 0.05) is 5.56 Å². The summed E-state index contributed by atoms with van der Waals surface area (Å²) in [5.74, 6) is 0. The molecule has 0 fully saturated rings. The van der Waals surface area contributed by atoms with Crippen molar-refractivity contribution in [3.63, 3.8) is 0 Å². The third-order valence-electron chi connectivity index (χ3n) is 4.33. The Morgan fingerprint density at radius 2 is 1.95 bits per heavy atom. The number of rotatable bonds is 7. The van der Waals surface area contributed by atoms with E-state index in [2.05, 4.69) is 40.8 Å². The van der Waals surface area contributed by atoms with Crippen LogP contribution in [0, 0.1) is 0 Å². The molecule has 2 N–H and O–H groups in total. The number of sulfonamides is 1. The predicted molar refractivity (Wildman–Crippen MR) is 96.2 cm³/mol. The lowest BCUT2D eigenvalue weighted by atomic mass is 10.1. The van der Waals surface area contributed by atoms with Gasteiger partial charge in [0.2, 0.25) is 10.0 Å². The molecular weight excluding hydrogens is 334 g/mol. The summed E-state index contributed by atoms with van der Waals surface area (Å²) in [7, 11) is -5.68. The Labute approximate surface area is 140 Å². The summed E-state index contributed by atoms with van der Waals surface area (Å²) in [4.78, 5) is 0. The maximum Gasteiger partial charge on any atom is 0.247 e. The quantitative estimate of drug-likeness (QED) is 0.717. The molecule has 0 spiro atoms. The van der Waals surface area contributed by atoms with Crippen LogP contribution in [-0.4, -0.2) is 16.7 Å². The van der Waals surface area contributed by atoms with Crippen molar-refractivity contribution < 1.29 is 12.8 Å². The highest BCUT2D eigenvalue weighted by molar-refractivity contribution is 7.91. The molecule has 0 saturated carbocycles. The van der Waals surface area contributed by atoms with Gasteiger partial charge in [0.05, 0.1) is 6.10 Å². The van der Waals surface area contributed by atoms with E-state index in [0.717, 1.165) is 24.8 Å². The second kappa shape index (κ2) is 7.13. The molecule has 22 heavy (non-hydrogen) atoms. The molecule has 7 heteroatoms. The lowest BCUT2D eigenvalue weighted by molar-refractivity contribution is 0.168. The first kappa shape index (κ1) is 19.8. The Bertz CT molecular complexity index is 588. The molecule has 128 valence electrons. The molecule has 1 heterocycles. The molecular formula is C15H29NO3S2Si. The lowest BCUT2D eigenvalue weighted by Crippen LogP contribution is -2.42. The van der Waals surface area contributed by atoms with Crippen molar-refractivity contribution >= 4 is 29.7 Å². The Morgan fingerprint density at radius 1 is 1.36 bits per heavy atom. The number of primary sulfonamides is 1. The lowest BCUT2D eigenvalue weighted by Gasteiger charge is -2.39. The third kappa shape index (κ3) is 4.89. The second-order valence-corrected chi connectivity index (χ2v) is 14.6. The van der Waals surface area contributed by atoms with Crippen LogP contribution in [0.3, 0.4) is 0 Å². The van der Waals surface area contributed by atoms with Gasteiger partial charge in [-0.3, -0.25) is 0 Å². The standard InChI is InChI=1S/C15H29NO3S2Si/c1-7-8-9-13(19-22(5,6)15(2,3)4)12-10-11-20-14(12)21(16,17)18/h10-11,13H,7-9H2,1-6H3,(H2,16,17,18). The molecule has 1 unspecified atom stereocenters. The van der Waals surface area contributed by atoms with Crippen molar-refractivity contribution in [2.45, 2.75) is 75.4 Å². The monoisotopic (exact) mass is 363 g/mol. The summed E-state index contributed by atoms with van der Waals surface area (Å²) in [6.07, 6.45) is 2.67. The molecule has 0 aliphatic rings. The van der Waals surface area contributed by atoms with E-state index in [1.165, 1.54) is 11.3 Å². The van der Waals surface area contributed by atoms with Gasteiger partial charge >= 0.3 is 0 Å². The Hall–Kier alpha value is -0.213. The summed E-state index contributed by atoms with van der Waals surface area (Å²) in [6.45, 7) is 13.1. The zero-order valence-electron chi connectivity index (χ0n) is 14.5. The molecule has 4 nitrogen and oxygen atoms in total. The zero-order chi connectivity index (χ0) is 17.2. The zero-order valence-corrected chi connectivity index (χ0v) is 17.1. The smallest absolute Gasteiger partial charge is 0.247 e. The van der Waals surface area contributed by atoms with Crippen LogP contribution < -0.4 is 5.14 Å². The highest BCUT2D eigenvalue weighted by atomic mass is 32.2. The van der Waals surface area contributed by atoms with Crippen LogP contribution in [0.15, 0.2) is 15.7 Å². The van der Waals surface area contributed by atoms with Gasteiger partial charge in [0.25, 0.3) is 0 Å². The number of hydrogen-bond acceptors (Lipinski definition) is 4. The highest BCUT2D eigenvalue weighted by Crippen LogP contribution is 2.42. The SMILES string of the molecule is CCCCC(O[Si](C)(C)C(C)(C)C)c1ccsc1S(N)(=O)=O.